The minimum Gasteiger partial charge on any atom is -0.465 e. The lowest BCUT2D eigenvalue weighted by Crippen LogP contribution is -2.19. The van der Waals surface area contributed by atoms with Crippen LogP contribution in [0.15, 0.2) is 60.7 Å². The van der Waals surface area contributed by atoms with Gasteiger partial charge >= 0.3 is 5.97 Å². The molecular formula is C17H18O3S. The van der Waals surface area contributed by atoms with Gasteiger partial charge in [0.2, 0.25) is 0 Å². The van der Waals surface area contributed by atoms with Crippen LogP contribution in [-0.4, -0.2) is 22.5 Å². The van der Waals surface area contributed by atoms with Gasteiger partial charge in [0.25, 0.3) is 0 Å². The van der Waals surface area contributed by atoms with Crippen LogP contribution < -0.4 is 0 Å². The highest BCUT2D eigenvalue weighted by Gasteiger charge is 2.23. The molecule has 2 aromatic rings. The number of benzene rings is 2. The summed E-state index contributed by atoms with van der Waals surface area (Å²) in [5.41, 5.74) is 1.87. The van der Waals surface area contributed by atoms with Crippen molar-refractivity contribution in [1.29, 1.82) is 0 Å². The van der Waals surface area contributed by atoms with Crippen molar-refractivity contribution >= 4 is 16.8 Å². The maximum absolute atomic E-state index is 12.6. The molecule has 0 fully saturated rings. The molecule has 2 aromatic carbocycles. The average molecular weight is 302 g/mol. The topological polar surface area (TPSA) is 43.4 Å². The van der Waals surface area contributed by atoms with Gasteiger partial charge in [-0.25, -0.2) is 0 Å². The predicted octanol–water partition coefficient (Wildman–Crippen LogP) is 3.09. The molecule has 0 saturated heterocycles. The molecule has 0 amide bonds. The summed E-state index contributed by atoms with van der Waals surface area (Å²) in [7, 11) is -1.37. The quantitative estimate of drug-likeness (QED) is 0.770. The van der Waals surface area contributed by atoms with Gasteiger partial charge in [-0.05, 0) is 18.1 Å². The Labute approximate surface area is 127 Å². The molecular weight excluding hydrogens is 284 g/mol. The van der Waals surface area contributed by atoms with Crippen LogP contribution in [0.4, 0.5) is 0 Å². The number of carbonyl (C=O) groups is 1. The van der Waals surface area contributed by atoms with E-state index in [1.54, 1.807) is 6.92 Å². The predicted molar refractivity (Wildman–Crippen MR) is 84.4 cm³/mol. The molecule has 0 aromatic heterocycles. The number of hydrogen-bond donors (Lipinski definition) is 0. The summed E-state index contributed by atoms with van der Waals surface area (Å²) >= 11 is 0. The molecule has 0 N–H and O–H groups in total. The van der Waals surface area contributed by atoms with Crippen molar-refractivity contribution in [1.82, 2.24) is 0 Å². The smallest absolute Gasteiger partial charge is 0.318 e. The lowest BCUT2D eigenvalue weighted by atomic mass is 10.0. The lowest BCUT2D eigenvalue weighted by molar-refractivity contribution is -0.139. The average Bonchev–Trinajstić information content (AvgIpc) is 2.50. The Hall–Kier alpha value is -1.94. The van der Waals surface area contributed by atoms with Crippen LogP contribution in [0.1, 0.15) is 23.3 Å². The van der Waals surface area contributed by atoms with E-state index < -0.39 is 16.8 Å². The molecule has 0 aliphatic rings. The van der Waals surface area contributed by atoms with Crippen LogP contribution in [0.3, 0.4) is 0 Å². The van der Waals surface area contributed by atoms with Gasteiger partial charge in [0.15, 0.2) is 0 Å². The van der Waals surface area contributed by atoms with Gasteiger partial charge in [0, 0.05) is 10.8 Å². The second-order valence-electron chi connectivity index (χ2n) is 4.53. The fraction of sp³-hybridized carbons (Fsp3) is 0.235. The summed E-state index contributed by atoms with van der Waals surface area (Å²) in [4.78, 5) is 11.6. The first kappa shape index (κ1) is 15.4. The van der Waals surface area contributed by atoms with Crippen LogP contribution in [0, 0.1) is 0 Å². The van der Waals surface area contributed by atoms with E-state index in [1.165, 1.54) is 0 Å². The number of hydrogen-bond acceptors (Lipinski definition) is 3. The minimum atomic E-state index is -1.37. The highest BCUT2D eigenvalue weighted by molar-refractivity contribution is 7.86. The van der Waals surface area contributed by atoms with Gasteiger partial charge in [0.05, 0.1) is 11.9 Å². The zero-order valence-corrected chi connectivity index (χ0v) is 12.7. The molecule has 1 unspecified atom stereocenters. The van der Waals surface area contributed by atoms with E-state index in [2.05, 4.69) is 0 Å². The van der Waals surface area contributed by atoms with Crippen LogP contribution in [-0.2, 0) is 20.3 Å². The molecule has 4 heteroatoms. The SMILES string of the molecule is CCOC(=O)CS(=O)C(c1ccccc1)c1ccccc1. The van der Waals surface area contributed by atoms with Crippen molar-refractivity contribution in [3.8, 4) is 0 Å². The van der Waals surface area contributed by atoms with Crippen LogP contribution >= 0.6 is 0 Å². The normalized spacial score (nSPS) is 12.1. The molecule has 0 saturated carbocycles. The lowest BCUT2D eigenvalue weighted by Gasteiger charge is -2.17. The molecule has 0 spiro atoms. The van der Waals surface area contributed by atoms with Crippen molar-refractivity contribution in [2.45, 2.75) is 12.2 Å². The van der Waals surface area contributed by atoms with Crippen molar-refractivity contribution in [2.75, 3.05) is 12.4 Å². The fourth-order valence-corrected chi connectivity index (χ4v) is 3.56. The summed E-state index contributed by atoms with van der Waals surface area (Å²) < 4.78 is 17.5. The van der Waals surface area contributed by atoms with Gasteiger partial charge < -0.3 is 4.74 Å². The Morgan fingerprint density at radius 3 is 1.90 bits per heavy atom. The first-order valence-corrected chi connectivity index (χ1v) is 8.23. The summed E-state index contributed by atoms with van der Waals surface area (Å²) in [5.74, 6) is -0.518. The highest BCUT2D eigenvalue weighted by Crippen LogP contribution is 2.28. The molecule has 3 nitrogen and oxygen atoms in total. The van der Waals surface area contributed by atoms with Gasteiger partial charge in [-0.3, -0.25) is 9.00 Å². The van der Waals surface area contributed by atoms with Crippen molar-refractivity contribution in [3.63, 3.8) is 0 Å². The summed E-state index contributed by atoms with van der Waals surface area (Å²) in [6, 6.07) is 19.2. The molecule has 2 rings (SSSR count). The van der Waals surface area contributed by atoms with Crippen LogP contribution in [0.25, 0.3) is 0 Å². The first-order chi connectivity index (χ1) is 10.2. The molecule has 0 heterocycles. The molecule has 1 atom stereocenters. The van der Waals surface area contributed by atoms with Crippen molar-refractivity contribution in [2.24, 2.45) is 0 Å². The van der Waals surface area contributed by atoms with Crippen molar-refractivity contribution < 1.29 is 13.7 Å². The molecule has 0 radical (unpaired) electrons. The Kier molecular flexibility index (Phi) is 5.69. The zero-order valence-electron chi connectivity index (χ0n) is 11.9. The third-order valence-corrected chi connectivity index (χ3v) is 4.62. The fourth-order valence-electron chi connectivity index (χ4n) is 2.15. The van der Waals surface area contributed by atoms with E-state index in [-0.39, 0.29) is 11.0 Å². The van der Waals surface area contributed by atoms with E-state index >= 15 is 0 Å². The summed E-state index contributed by atoms with van der Waals surface area (Å²) in [6.07, 6.45) is 0. The van der Waals surface area contributed by atoms with Gasteiger partial charge in [-0.1, -0.05) is 60.7 Å². The number of carbonyl (C=O) groups excluding carboxylic acids is 1. The number of esters is 1. The van der Waals surface area contributed by atoms with E-state index in [4.69, 9.17) is 4.74 Å². The Balaban J connectivity index is 2.29. The molecule has 110 valence electrons. The Morgan fingerprint density at radius 2 is 1.48 bits per heavy atom. The van der Waals surface area contributed by atoms with Crippen LogP contribution in [0.5, 0.6) is 0 Å². The molecule has 0 aliphatic heterocycles. The maximum atomic E-state index is 12.6. The van der Waals surface area contributed by atoms with Crippen LogP contribution in [0.2, 0.25) is 0 Å². The van der Waals surface area contributed by atoms with E-state index in [0.29, 0.717) is 6.61 Å². The zero-order chi connectivity index (χ0) is 15.1. The van der Waals surface area contributed by atoms with E-state index in [0.717, 1.165) is 11.1 Å². The van der Waals surface area contributed by atoms with Gasteiger partial charge in [-0.15, -0.1) is 0 Å². The summed E-state index contributed by atoms with van der Waals surface area (Å²) in [6.45, 7) is 2.05. The standard InChI is InChI=1S/C17H18O3S/c1-2-20-16(18)13-21(19)17(14-9-5-3-6-10-14)15-11-7-4-8-12-15/h3-12,17H,2,13H2,1H3. The molecule has 0 aliphatic carbocycles. The molecule has 21 heavy (non-hydrogen) atoms. The second kappa shape index (κ2) is 7.74. The third kappa shape index (κ3) is 4.26. The van der Waals surface area contributed by atoms with E-state index in [9.17, 15) is 9.00 Å². The second-order valence-corrected chi connectivity index (χ2v) is 6.05. The third-order valence-electron chi connectivity index (χ3n) is 3.03. The number of rotatable bonds is 6. The molecule has 0 bridgehead atoms. The van der Waals surface area contributed by atoms with E-state index in [1.807, 2.05) is 60.7 Å². The number of ether oxygens (including phenoxy) is 1. The maximum Gasteiger partial charge on any atom is 0.318 e. The van der Waals surface area contributed by atoms with Gasteiger partial charge in [0.1, 0.15) is 5.75 Å². The van der Waals surface area contributed by atoms with Crippen molar-refractivity contribution in [3.05, 3.63) is 71.8 Å². The highest BCUT2D eigenvalue weighted by atomic mass is 32.2. The first-order valence-electron chi connectivity index (χ1n) is 6.85. The largest absolute Gasteiger partial charge is 0.465 e. The Bertz CT molecular complexity index is 556. The minimum absolute atomic E-state index is 0.0949. The Morgan fingerprint density at radius 1 is 1.00 bits per heavy atom. The monoisotopic (exact) mass is 302 g/mol. The van der Waals surface area contributed by atoms with Gasteiger partial charge in [-0.2, -0.15) is 0 Å². The summed E-state index contributed by atoms with van der Waals surface area (Å²) in [5, 5.41) is -0.322.